The summed E-state index contributed by atoms with van der Waals surface area (Å²) in [5.41, 5.74) is 8.50. The van der Waals surface area contributed by atoms with Crippen LogP contribution in [0.15, 0.2) is 66.0 Å². The molecule has 8 heteroatoms. The maximum atomic E-state index is 13.9. The number of rotatable bonds is 9. The molecule has 2 aromatic carbocycles. The molecule has 0 saturated heterocycles. The summed E-state index contributed by atoms with van der Waals surface area (Å²) in [5, 5.41) is 5.86. The van der Waals surface area contributed by atoms with Gasteiger partial charge in [-0.05, 0) is 93.7 Å². The number of hydrogen-bond acceptors (Lipinski definition) is 5. The molecule has 1 aromatic heterocycles. The fourth-order valence-corrected chi connectivity index (χ4v) is 5.99. The highest BCUT2D eigenvalue weighted by molar-refractivity contribution is 7.14. The van der Waals surface area contributed by atoms with E-state index in [1.807, 2.05) is 56.0 Å². The van der Waals surface area contributed by atoms with E-state index in [0.29, 0.717) is 24.6 Å². The van der Waals surface area contributed by atoms with Crippen LogP contribution < -0.4 is 16.0 Å². The molecule has 1 fully saturated rings. The molecule has 0 spiro atoms. The minimum atomic E-state index is -0.522. The number of amides is 3. The van der Waals surface area contributed by atoms with Crippen molar-refractivity contribution in [1.29, 1.82) is 0 Å². The van der Waals surface area contributed by atoms with E-state index in [-0.39, 0.29) is 11.8 Å². The molecule has 212 valence electrons. The highest BCUT2D eigenvalue weighted by Gasteiger charge is 2.31. The minimum Gasteiger partial charge on any atom is -0.444 e. The molecule has 0 radical (unpaired) electrons. The van der Waals surface area contributed by atoms with Crippen LogP contribution in [-0.4, -0.2) is 36.6 Å². The first-order chi connectivity index (χ1) is 19.1. The Labute approximate surface area is 240 Å². The zero-order valence-corrected chi connectivity index (χ0v) is 24.3. The minimum absolute atomic E-state index is 0.0473. The number of benzene rings is 2. The van der Waals surface area contributed by atoms with Gasteiger partial charge in [-0.15, -0.1) is 11.3 Å². The lowest BCUT2D eigenvalue weighted by molar-refractivity contribution is -0.123. The number of hydrogen-bond donors (Lipinski definition) is 2. The number of anilines is 1. The van der Waals surface area contributed by atoms with Gasteiger partial charge in [0.15, 0.2) is 0 Å². The van der Waals surface area contributed by atoms with E-state index in [1.165, 1.54) is 5.56 Å². The van der Waals surface area contributed by atoms with Crippen LogP contribution in [0.5, 0.6) is 0 Å². The van der Waals surface area contributed by atoms with Gasteiger partial charge in [0.2, 0.25) is 11.8 Å². The van der Waals surface area contributed by atoms with E-state index >= 15 is 0 Å². The van der Waals surface area contributed by atoms with E-state index in [2.05, 4.69) is 28.9 Å². The van der Waals surface area contributed by atoms with E-state index < -0.39 is 17.6 Å². The molecule has 3 N–H and O–H groups in total. The van der Waals surface area contributed by atoms with Gasteiger partial charge in [0.25, 0.3) is 0 Å². The summed E-state index contributed by atoms with van der Waals surface area (Å²) in [4.78, 5) is 39.3. The molecule has 0 bridgehead atoms. The predicted molar refractivity (Wildman–Crippen MR) is 160 cm³/mol. The van der Waals surface area contributed by atoms with Gasteiger partial charge in [0, 0.05) is 30.0 Å². The first kappa shape index (κ1) is 29.3. The monoisotopic (exact) mass is 561 g/mol. The third-order valence-electron chi connectivity index (χ3n) is 7.22. The lowest BCUT2D eigenvalue weighted by atomic mass is 9.81. The lowest BCUT2D eigenvalue weighted by Gasteiger charge is -2.32. The first-order valence-corrected chi connectivity index (χ1v) is 14.8. The summed E-state index contributed by atoms with van der Waals surface area (Å²) in [7, 11) is 0. The Bertz CT molecular complexity index is 1290. The number of primary amides is 1. The Morgan fingerprint density at radius 2 is 1.65 bits per heavy atom. The molecule has 1 heterocycles. The summed E-state index contributed by atoms with van der Waals surface area (Å²) in [6.07, 6.45) is 3.75. The van der Waals surface area contributed by atoms with E-state index in [1.54, 1.807) is 23.5 Å². The van der Waals surface area contributed by atoms with Gasteiger partial charge in [-0.2, -0.15) is 0 Å². The normalized spacial score (nSPS) is 17.2. The molecule has 1 aliphatic carbocycles. The standard InChI is InChI=1S/C32H39N3O4S/c1-32(2,3)39-31(38)34-20-23-9-11-26(12-10-23)30(37)35(18-17-22-7-5-4-6-8-22)28-19-27(21-40-28)24-13-15-25(16-14-24)29(33)36/h4-8,13-16,19,21,23,26H,9-12,17-18,20H2,1-3H3,(H2,33,36)(H,34,38)/t23-,26-. The number of alkyl carbamates (subject to hydrolysis) is 1. The maximum absolute atomic E-state index is 13.9. The zero-order chi connectivity index (χ0) is 28.7. The second-order valence-electron chi connectivity index (χ2n) is 11.4. The van der Waals surface area contributed by atoms with Crippen molar-refractivity contribution in [3.8, 4) is 11.1 Å². The van der Waals surface area contributed by atoms with Crippen molar-refractivity contribution >= 4 is 34.2 Å². The first-order valence-electron chi connectivity index (χ1n) is 13.9. The van der Waals surface area contributed by atoms with Crippen LogP contribution in [0.2, 0.25) is 0 Å². The number of ether oxygens (including phenoxy) is 1. The van der Waals surface area contributed by atoms with E-state index in [9.17, 15) is 14.4 Å². The fraction of sp³-hybridized carbons (Fsp3) is 0.406. The van der Waals surface area contributed by atoms with Crippen LogP contribution >= 0.6 is 11.3 Å². The van der Waals surface area contributed by atoms with Crippen molar-refractivity contribution in [1.82, 2.24) is 5.32 Å². The predicted octanol–water partition coefficient (Wildman–Crippen LogP) is 6.42. The Balaban J connectivity index is 1.42. The molecule has 1 aliphatic rings. The molecule has 40 heavy (non-hydrogen) atoms. The Kier molecular flexibility index (Phi) is 9.63. The topological polar surface area (TPSA) is 102 Å². The Morgan fingerprint density at radius 1 is 0.975 bits per heavy atom. The SMILES string of the molecule is CC(C)(C)OC(=O)NC[C@H]1CC[C@H](C(=O)N(CCc2ccccc2)c2cc(-c3ccc(C(N)=O)cc3)cs2)CC1. The van der Waals surface area contributed by atoms with Gasteiger partial charge in [0.05, 0.1) is 5.00 Å². The second kappa shape index (κ2) is 13.1. The molecule has 1 saturated carbocycles. The van der Waals surface area contributed by atoms with E-state index in [0.717, 1.165) is 48.2 Å². The van der Waals surface area contributed by atoms with Gasteiger partial charge in [-0.1, -0.05) is 42.5 Å². The number of carbonyl (C=O) groups excluding carboxylic acids is 3. The smallest absolute Gasteiger partial charge is 0.407 e. The summed E-state index contributed by atoms with van der Waals surface area (Å²) in [6, 6.07) is 19.5. The number of carbonyl (C=O) groups is 3. The second-order valence-corrected chi connectivity index (χ2v) is 12.3. The van der Waals surface area contributed by atoms with Crippen LogP contribution in [0, 0.1) is 11.8 Å². The van der Waals surface area contributed by atoms with Crippen molar-refractivity contribution in [2.45, 2.75) is 58.5 Å². The molecule has 0 atom stereocenters. The molecular formula is C32H39N3O4S. The summed E-state index contributed by atoms with van der Waals surface area (Å²) in [5.74, 6) is -0.00227. The van der Waals surface area contributed by atoms with Crippen LogP contribution in [0.1, 0.15) is 62.4 Å². The molecule has 7 nitrogen and oxygen atoms in total. The van der Waals surface area contributed by atoms with Gasteiger partial charge in [-0.3, -0.25) is 9.59 Å². The lowest BCUT2D eigenvalue weighted by Crippen LogP contribution is -2.40. The van der Waals surface area contributed by atoms with Gasteiger partial charge in [-0.25, -0.2) is 4.79 Å². The van der Waals surface area contributed by atoms with E-state index in [4.69, 9.17) is 10.5 Å². The number of nitrogens with one attached hydrogen (secondary N) is 1. The average Bonchev–Trinajstić information content (AvgIpc) is 3.42. The molecular weight excluding hydrogens is 522 g/mol. The third kappa shape index (κ3) is 8.18. The average molecular weight is 562 g/mol. The van der Waals surface area contributed by atoms with Gasteiger partial charge >= 0.3 is 6.09 Å². The molecule has 0 unspecified atom stereocenters. The van der Waals surface area contributed by atoms with Crippen LogP contribution in [0.3, 0.4) is 0 Å². The quantitative estimate of drug-likeness (QED) is 0.315. The van der Waals surface area contributed by atoms with Crippen LogP contribution in [0.4, 0.5) is 9.80 Å². The van der Waals surface area contributed by atoms with Crippen molar-refractivity contribution in [2.75, 3.05) is 18.0 Å². The number of nitrogens with zero attached hydrogens (tertiary/aromatic N) is 1. The van der Waals surface area contributed by atoms with Gasteiger partial charge in [0.1, 0.15) is 5.60 Å². The Morgan fingerprint density at radius 3 is 2.27 bits per heavy atom. The van der Waals surface area contributed by atoms with Crippen molar-refractivity contribution in [3.63, 3.8) is 0 Å². The van der Waals surface area contributed by atoms with Gasteiger partial charge < -0.3 is 20.7 Å². The zero-order valence-electron chi connectivity index (χ0n) is 23.5. The Hall–Kier alpha value is -3.65. The third-order valence-corrected chi connectivity index (χ3v) is 8.17. The van der Waals surface area contributed by atoms with Crippen LogP contribution in [-0.2, 0) is 16.0 Å². The largest absolute Gasteiger partial charge is 0.444 e. The number of nitrogens with two attached hydrogens (primary N) is 1. The van der Waals surface area contributed by atoms with Crippen molar-refractivity contribution < 1.29 is 19.1 Å². The summed E-state index contributed by atoms with van der Waals surface area (Å²) in [6.45, 7) is 6.72. The fourth-order valence-electron chi connectivity index (χ4n) is 5.04. The highest BCUT2D eigenvalue weighted by Crippen LogP contribution is 2.36. The van der Waals surface area contributed by atoms with Crippen molar-refractivity contribution in [2.24, 2.45) is 17.6 Å². The van der Waals surface area contributed by atoms with Crippen molar-refractivity contribution in [3.05, 3.63) is 77.2 Å². The summed E-state index contributed by atoms with van der Waals surface area (Å²) >= 11 is 1.56. The highest BCUT2D eigenvalue weighted by atomic mass is 32.1. The molecule has 3 aromatic rings. The maximum Gasteiger partial charge on any atom is 0.407 e. The molecule has 3 amide bonds. The van der Waals surface area contributed by atoms with Crippen LogP contribution in [0.25, 0.3) is 11.1 Å². The summed E-state index contributed by atoms with van der Waals surface area (Å²) < 4.78 is 5.35. The molecule has 4 rings (SSSR count). The molecule has 0 aliphatic heterocycles. The number of thiophene rings is 1.